The van der Waals surface area contributed by atoms with Gasteiger partial charge in [-0.05, 0) is 30.9 Å². The third-order valence-corrected chi connectivity index (χ3v) is 3.28. The summed E-state index contributed by atoms with van der Waals surface area (Å²) in [6, 6.07) is 7.75. The second-order valence-electron chi connectivity index (χ2n) is 4.53. The summed E-state index contributed by atoms with van der Waals surface area (Å²) in [4.78, 5) is 0. The molecule has 1 fully saturated rings. The molecule has 1 aliphatic heterocycles. The second kappa shape index (κ2) is 3.53. The van der Waals surface area contributed by atoms with Crippen LogP contribution in [0.15, 0.2) is 18.2 Å². The van der Waals surface area contributed by atoms with Gasteiger partial charge in [0.15, 0.2) is 0 Å². The molecule has 1 heterocycles. The molecule has 0 spiro atoms. The summed E-state index contributed by atoms with van der Waals surface area (Å²) in [6.07, 6.45) is 3.77. The van der Waals surface area contributed by atoms with E-state index in [0.29, 0.717) is 6.04 Å². The molecule has 0 radical (unpaired) electrons. The number of ether oxygens (including phenoxy) is 1. The first-order chi connectivity index (χ1) is 7.36. The van der Waals surface area contributed by atoms with E-state index in [0.717, 1.165) is 24.8 Å². The molecule has 80 valence electrons. The molecule has 1 aliphatic carbocycles. The van der Waals surface area contributed by atoms with Crippen molar-refractivity contribution in [3.05, 3.63) is 29.3 Å². The SMILES string of the molecule is CCc1ccc2c(c1)C(NC1CC1)CO2. The Hall–Kier alpha value is -1.02. The van der Waals surface area contributed by atoms with Gasteiger partial charge in [0.1, 0.15) is 12.4 Å². The molecule has 0 bridgehead atoms. The Morgan fingerprint density at radius 3 is 3.00 bits per heavy atom. The lowest BCUT2D eigenvalue weighted by Crippen LogP contribution is -2.24. The van der Waals surface area contributed by atoms with Crippen LogP contribution >= 0.6 is 0 Å². The van der Waals surface area contributed by atoms with Crippen LogP contribution in [0.1, 0.15) is 36.9 Å². The maximum absolute atomic E-state index is 5.68. The summed E-state index contributed by atoms with van der Waals surface area (Å²) >= 11 is 0. The van der Waals surface area contributed by atoms with Gasteiger partial charge in [0.25, 0.3) is 0 Å². The fraction of sp³-hybridized carbons (Fsp3) is 0.538. The molecule has 2 aliphatic rings. The zero-order chi connectivity index (χ0) is 10.3. The Morgan fingerprint density at radius 1 is 1.40 bits per heavy atom. The average molecular weight is 203 g/mol. The average Bonchev–Trinajstić information content (AvgIpc) is 3.00. The molecule has 2 nitrogen and oxygen atoms in total. The first-order valence-corrected chi connectivity index (χ1v) is 5.88. The molecule has 2 heteroatoms. The molecule has 1 saturated carbocycles. The van der Waals surface area contributed by atoms with Gasteiger partial charge in [-0.25, -0.2) is 0 Å². The van der Waals surface area contributed by atoms with Crippen molar-refractivity contribution in [2.45, 2.75) is 38.3 Å². The van der Waals surface area contributed by atoms with Gasteiger partial charge in [-0.1, -0.05) is 19.1 Å². The predicted molar refractivity (Wildman–Crippen MR) is 60.2 cm³/mol. The van der Waals surface area contributed by atoms with Gasteiger partial charge < -0.3 is 10.1 Å². The van der Waals surface area contributed by atoms with Crippen LogP contribution in [0.25, 0.3) is 0 Å². The van der Waals surface area contributed by atoms with Crippen molar-refractivity contribution in [2.24, 2.45) is 0 Å². The van der Waals surface area contributed by atoms with Crippen molar-refractivity contribution in [1.82, 2.24) is 5.32 Å². The number of hydrogen-bond donors (Lipinski definition) is 1. The molecule has 1 aromatic rings. The monoisotopic (exact) mass is 203 g/mol. The highest BCUT2D eigenvalue weighted by atomic mass is 16.5. The van der Waals surface area contributed by atoms with Crippen LogP contribution in [0, 0.1) is 0 Å². The minimum atomic E-state index is 0.430. The summed E-state index contributed by atoms with van der Waals surface area (Å²) in [5, 5.41) is 3.64. The third kappa shape index (κ3) is 1.74. The Bertz CT molecular complexity index is 371. The highest BCUT2D eigenvalue weighted by Crippen LogP contribution is 2.35. The zero-order valence-electron chi connectivity index (χ0n) is 9.12. The van der Waals surface area contributed by atoms with Gasteiger partial charge in [0.05, 0.1) is 6.04 Å². The van der Waals surface area contributed by atoms with E-state index in [-0.39, 0.29) is 0 Å². The first-order valence-electron chi connectivity index (χ1n) is 5.88. The topological polar surface area (TPSA) is 21.3 Å². The maximum Gasteiger partial charge on any atom is 0.124 e. The van der Waals surface area contributed by atoms with Gasteiger partial charge >= 0.3 is 0 Å². The van der Waals surface area contributed by atoms with Gasteiger partial charge in [-0.3, -0.25) is 0 Å². The van der Waals surface area contributed by atoms with E-state index in [4.69, 9.17) is 4.74 Å². The van der Waals surface area contributed by atoms with E-state index in [1.54, 1.807) is 0 Å². The Morgan fingerprint density at radius 2 is 2.27 bits per heavy atom. The van der Waals surface area contributed by atoms with Crippen LogP contribution in [0.3, 0.4) is 0 Å². The van der Waals surface area contributed by atoms with Crippen molar-refractivity contribution in [3.8, 4) is 5.75 Å². The Balaban J connectivity index is 1.85. The summed E-state index contributed by atoms with van der Waals surface area (Å²) < 4.78 is 5.68. The van der Waals surface area contributed by atoms with Gasteiger partial charge in [-0.2, -0.15) is 0 Å². The third-order valence-electron chi connectivity index (χ3n) is 3.28. The zero-order valence-corrected chi connectivity index (χ0v) is 9.12. The smallest absolute Gasteiger partial charge is 0.124 e. The molecule has 0 saturated heterocycles. The standard InChI is InChI=1S/C13H17NO/c1-2-9-3-6-13-11(7-9)12(8-15-13)14-10-4-5-10/h3,6-7,10,12,14H,2,4-5,8H2,1H3. The van der Waals surface area contributed by atoms with Crippen molar-refractivity contribution >= 4 is 0 Å². The predicted octanol–water partition coefficient (Wildman–Crippen LogP) is 2.43. The highest BCUT2D eigenvalue weighted by Gasteiger charge is 2.30. The van der Waals surface area contributed by atoms with E-state index in [1.165, 1.54) is 24.0 Å². The minimum Gasteiger partial charge on any atom is -0.491 e. The van der Waals surface area contributed by atoms with E-state index in [9.17, 15) is 0 Å². The largest absolute Gasteiger partial charge is 0.491 e. The van der Waals surface area contributed by atoms with Crippen LogP contribution < -0.4 is 10.1 Å². The number of rotatable bonds is 3. The van der Waals surface area contributed by atoms with E-state index in [1.807, 2.05) is 0 Å². The quantitative estimate of drug-likeness (QED) is 0.814. The molecule has 15 heavy (non-hydrogen) atoms. The summed E-state index contributed by atoms with van der Waals surface area (Å²) in [5.41, 5.74) is 2.77. The molecule has 3 rings (SSSR count). The first kappa shape index (κ1) is 9.22. The van der Waals surface area contributed by atoms with Crippen LogP contribution in [0.2, 0.25) is 0 Å². The minimum absolute atomic E-state index is 0.430. The lowest BCUT2D eigenvalue weighted by Gasteiger charge is -2.10. The molecule has 1 atom stereocenters. The van der Waals surface area contributed by atoms with Crippen molar-refractivity contribution in [1.29, 1.82) is 0 Å². The molecular formula is C13H17NO. The lowest BCUT2D eigenvalue weighted by atomic mass is 10.0. The van der Waals surface area contributed by atoms with E-state index >= 15 is 0 Å². The molecular weight excluding hydrogens is 186 g/mol. The number of nitrogens with one attached hydrogen (secondary N) is 1. The van der Waals surface area contributed by atoms with Gasteiger partial charge in [0, 0.05) is 11.6 Å². The molecule has 1 N–H and O–H groups in total. The van der Waals surface area contributed by atoms with Crippen molar-refractivity contribution in [3.63, 3.8) is 0 Å². The number of fused-ring (bicyclic) bond motifs is 1. The summed E-state index contributed by atoms with van der Waals surface area (Å²) in [6.45, 7) is 3.00. The second-order valence-corrected chi connectivity index (χ2v) is 4.53. The Labute approximate surface area is 90.6 Å². The fourth-order valence-corrected chi connectivity index (χ4v) is 2.16. The molecule has 0 amide bonds. The van der Waals surface area contributed by atoms with Crippen molar-refractivity contribution < 1.29 is 4.74 Å². The van der Waals surface area contributed by atoms with E-state index < -0.39 is 0 Å². The highest BCUT2D eigenvalue weighted by molar-refractivity contribution is 5.42. The van der Waals surface area contributed by atoms with Gasteiger partial charge in [-0.15, -0.1) is 0 Å². The normalized spacial score (nSPS) is 23.7. The molecule has 1 unspecified atom stereocenters. The van der Waals surface area contributed by atoms with Crippen molar-refractivity contribution in [2.75, 3.05) is 6.61 Å². The van der Waals surface area contributed by atoms with E-state index in [2.05, 4.69) is 30.4 Å². The van der Waals surface area contributed by atoms with Crippen LogP contribution in [0.5, 0.6) is 5.75 Å². The van der Waals surface area contributed by atoms with Crippen LogP contribution in [-0.4, -0.2) is 12.6 Å². The molecule has 1 aromatic carbocycles. The lowest BCUT2D eigenvalue weighted by molar-refractivity contribution is 0.310. The number of aryl methyl sites for hydroxylation is 1. The number of benzene rings is 1. The maximum atomic E-state index is 5.68. The summed E-state index contributed by atoms with van der Waals surface area (Å²) in [5.74, 6) is 1.07. The van der Waals surface area contributed by atoms with Gasteiger partial charge in [0.2, 0.25) is 0 Å². The summed E-state index contributed by atoms with van der Waals surface area (Å²) in [7, 11) is 0. The Kier molecular flexibility index (Phi) is 2.17. The number of hydrogen-bond acceptors (Lipinski definition) is 2. The van der Waals surface area contributed by atoms with Crippen LogP contribution in [0.4, 0.5) is 0 Å². The van der Waals surface area contributed by atoms with Crippen LogP contribution in [-0.2, 0) is 6.42 Å². The molecule has 0 aromatic heterocycles. The fourth-order valence-electron chi connectivity index (χ4n) is 2.16.